The molecule has 9 aromatic heterocycles. The molecule has 3 aromatic carbocycles. The predicted octanol–water partition coefficient (Wildman–Crippen LogP) is 13.1. The van der Waals surface area contributed by atoms with Gasteiger partial charge < -0.3 is 48.9 Å². The van der Waals surface area contributed by atoms with Crippen molar-refractivity contribution < 1.29 is 32.7 Å². The summed E-state index contributed by atoms with van der Waals surface area (Å²) >= 11 is 5.38. The number of nitrogens with two attached hydrogens (primary N) is 1. The van der Waals surface area contributed by atoms with Crippen LogP contribution in [0.25, 0.3) is 51.6 Å². The van der Waals surface area contributed by atoms with Crippen molar-refractivity contribution in [3.8, 4) is 57.4 Å². The van der Waals surface area contributed by atoms with Gasteiger partial charge in [0.1, 0.15) is 75.2 Å². The molecule has 103 heavy (non-hydrogen) atoms. The number of carbonyl (C=O) groups is 3. The Hall–Kier alpha value is -11.6. The summed E-state index contributed by atoms with van der Waals surface area (Å²) in [7, 11) is 0. The second-order valence-corrected chi connectivity index (χ2v) is 26.9. The van der Waals surface area contributed by atoms with E-state index >= 15 is 0 Å². The number of hydrogen-bond donors (Lipinski definition) is 4. The maximum Gasteiger partial charge on any atom is 0.259 e. The molecule has 3 saturated carbocycles. The van der Waals surface area contributed by atoms with Crippen LogP contribution in [0.5, 0.6) is 5.75 Å². The molecular formula is C74H71ClF3N21O4. The molecule has 5 N–H and O–H groups in total. The minimum absolute atomic E-state index is 0.0469. The summed E-state index contributed by atoms with van der Waals surface area (Å²) in [6.07, 6.45) is 27.0. The monoisotopic (exact) mass is 1410 g/mol. The average Bonchev–Trinajstić information content (AvgIpc) is 1.78. The molecule has 29 heteroatoms. The molecule has 6 aliphatic rings. The zero-order valence-corrected chi connectivity index (χ0v) is 57.2. The fourth-order valence-corrected chi connectivity index (χ4v) is 13.2. The van der Waals surface area contributed by atoms with E-state index in [1.165, 1.54) is 49.9 Å². The highest BCUT2D eigenvalue weighted by Gasteiger charge is 2.30. The van der Waals surface area contributed by atoms with Crippen LogP contribution in [-0.2, 0) is 38.9 Å². The number of pyridine rings is 3. The first-order valence-electron chi connectivity index (χ1n) is 34.6. The number of nitrogens with one attached hydrogen (secondary N) is 2. The van der Waals surface area contributed by atoms with Gasteiger partial charge in [0.2, 0.25) is 0 Å². The van der Waals surface area contributed by atoms with Crippen molar-refractivity contribution in [1.29, 1.82) is 0 Å². The van der Waals surface area contributed by atoms with Crippen LogP contribution < -0.4 is 16.4 Å². The maximum absolute atomic E-state index is 14.8. The first kappa shape index (κ1) is 67.3. The smallest absolute Gasteiger partial charge is 0.259 e. The predicted molar refractivity (Wildman–Crippen MR) is 377 cm³/mol. The molecule has 3 aliphatic heterocycles. The van der Waals surface area contributed by atoms with E-state index < -0.39 is 34.5 Å². The lowest BCUT2D eigenvalue weighted by molar-refractivity contribution is 0.101. The zero-order valence-electron chi connectivity index (χ0n) is 56.4. The van der Waals surface area contributed by atoms with Crippen molar-refractivity contribution in [2.75, 3.05) is 16.4 Å². The summed E-state index contributed by atoms with van der Waals surface area (Å²) < 4.78 is 54.6. The standard InChI is InChI=1S/C25H24FN7O.C24H22FN7O2.C14H12ClFN2O.C11H13N5/c1-15-11-18(26)17(12-21(15)32-13-20(27-14-32)16-8-9-16)25(34)29-22-6-4-5-19(28-22)24-31-30-23-7-2-3-10-33(23)24;25-16-11-20(33)19(31-12-18(26-13-31)14-7-8-14)10-15(16)24(34)28-21-5-3-4-17(27-21)23-30-29-22-6-1-2-9-32(22)23;1-8-4-11(16)10(14(15)19)5-13(8)18-6-12(17-7-18)9-2-3-9;12-9-5-3-4-8(13-9)11-15-14-10-6-1-2-7-16(10)11/h4-6,11-14,16H,2-3,7-10H2,1H3,(H,28,29,34);3-5,10-14,33H,1-2,6-9H2,(H,27,28,34);4-7,9H,2-3H2,1H3;3-5H,1-2,6-7H2,(H2,12,13). The molecule has 524 valence electrons. The van der Waals surface area contributed by atoms with Gasteiger partial charge in [0.05, 0.1) is 69.8 Å². The van der Waals surface area contributed by atoms with E-state index in [1.807, 2.05) is 51.2 Å². The number of phenolic OH excluding ortho intramolecular Hbond substituents is 1. The van der Waals surface area contributed by atoms with Gasteiger partial charge in [0, 0.05) is 81.3 Å². The number of amides is 2. The minimum atomic E-state index is -0.830. The lowest BCUT2D eigenvalue weighted by atomic mass is 10.1. The number of benzene rings is 3. The molecule has 12 aromatic rings. The summed E-state index contributed by atoms with van der Waals surface area (Å²) in [5, 5.41) is 40.4. The van der Waals surface area contributed by atoms with Gasteiger partial charge >= 0.3 is 0 Å². The first-order valence-corrected chi connectivity index (χ1v) is 34.9. The molecule has 0 unspecified atom stereocenters. The largest absolute Gasteiger partial charge is 0.506 e. The average molecular weight is 1410 g/mol. The Labute approximate surface area is 593 Å². The Kier molecular flexibility index (Phi) is 18.8. The van der Waals surface area contributed by atoms with Crippen LogP contribution in [0.3, 0.4) is 0 Å². The van der Waals surface area contributed by atoms with Gasteiger partial charge in [-0.3, -0.25) is 14.4 Å². The van der Waals surface area contributed by atoms with Crippen LogP contribution in [0.1, 0.15) is 172 Å². The van der Waals surface area contributed by atoms with Gasteiger partial charge in [0.25, 0.3) is 17.1 Å². The van der Waals surface area contributed by atoms with Gasteiger partial charge in [-0.1, -0.05) is 18.2 Å². The van der Waals surface area contributed by atoms with Crippen molar-refractivity contribution in [3.05, 3.63) is 208 Å². The number of fused-ring (bicyclic) bond motifs is 3. The van der Waals surface area contributed by atoms with Gasteiger partial charge in [0.15, 0.2) is 17.5 Å². The van der Waals surface area contributed by atoms with Gasteiger partial charge in [-0.2, -0.15) is 0 Å². The number of nitrogen functional groups attached to an aromatic ring is 1. The molecule has 3 aliphatic carbocycles. The van der Waals surface area contributed by atoms with Crippen LogP contribution in [0.2, 0.25) is 0 Å². The van der Waals surface area contributed by atoms with Gasteiger partial charge in [-0.25, -0.2) is 43.1 Å². The lowest BCUT2D eigenvalue weighted by Crippen LogP contribution is -2.16. The molecule has 18 rings (SSSR count). The molecule has 0 spiro atoms. The molecular weight excluding hydrogens is 1340 g/mol. The SMILES string of the molecule is Cc1cc(F)c(C(=O)Cl)cc1-n1cnc(C2CC2)c1.Cc1cc(F)c(C(=O)Nc2cccc(-c3nnc4n3CCCC4)n2)cc1-n1cnc(C2CC2)c1.Nc1cccc(-c2nnc3n2CCCC3)n1.O=C(Nc1cccc(-c2nnc3n2CCCC3)n1)c1cc(-n2cnc(C3CC3)c2)c(O)cc1F. The van der Waals surface area contributed by atoms with Crippen molar-refractivity contribution >= 4 is 46.1 Å². The molecule has 0 radical (unpaired) electrons. The van der Waals surface area contributed by atoms with E-state index in [9.17, 15) is 32.7 Å². The number of hydrogen-bond acceptors (Lipinski definition) is 17. The Bertz CT molecular complexity index is 5000. The fourth-order valence-electron chi connectivity index (χ4n) is 13.0. The van der Waals surface area contributed by atoms with Crippen molar-refractivity contribution in [1.82, 2.24) is 87.9 Å². The number of aryl methyl sites for hydroxylation is 5. The first-order chi connectivity index (χ1) is 50.0. The molecule has 0 atom stereocenters. The zero-order chi connectivity index (χ0) is 71.0. The molecule has 12 heterocycles. The fraction of sp³-hybridized carbons (Fsp3) is 0.311. The van der Waals surface area contributed by atoms with E-state index in [0.29, 0.717) is 52.4 Å². The van der Waals surface area contributed by atoms with Crippen molar-refractivity contribution in [2.45, 2.75) is 148 Å². The number of halogens is 4. The Balaban J connectivity index is 0.000000116. The van der Waals surface area contributed by atoms with E-state index in [0.717, 1.165) is 165 Å². The van der Waals surface area contributed by atoms with E-state index in [-0.39, 0.29) is 33.9 Å². The Morgan fingerprint density at radius 2 is 0.845 bits per heavy atom. The maximum atomic E-state index is 14.8. The highest BCUT2D eigenvalue weighted by molar-refractivity contribution is 6.67. The van der Waals surface area contributed by atoms with E-state index in [1.54, 1.807) is 79.1 Å². The molecule has 0 saturated heterocycles. The van der Waals surface area contributed by atoms with E-state index in [4.69, 9.17) is 17.3 Å². The number of rotatable bonds is 14. The molecule has 2 amide bonds. The number of nitrogens with zero attached hydrogens (tertiary/aromatic N) is 18. The molecule has 0 bridgehead atoms. The van der Waals surface area contributed by atoms with Gasteiger partial charge in [-0.15, -0.1) is 30.6 Å². The Morgan fingerprint density at radius 1 is 0.476 bits per heavy atom. The third-order valence-corrected chi connectivity index (χ3v) is 19.2. The second-order valence-electron chi connectivity index (χ2n) is 26.6. The molecule has 25 nitrogen and oxygen atoms in total. The number of carbonyl (C=O) groups excluding carboxylic acids is 3. The number of imidazole rings is 3. The summed E-state index contributed by atoms with van der Waals surface area (Å²) in [6, 6.07) is 24.1. The lowest BCUT2D eigenvalue weighted by Gasteiger charge is -2.15. The summed E-state index contributed by atoms with van der Waals surface area (Å²) in [5.41, 5.74) is 13.5. The summed E-state index contributed by atoms with van der Waals surface area (Å²) in [5.74, 6) is 4.21. The van der Waals surface area contributed by atoms with E-state index in [2.05, 4.69) is 80.3 Å². The van der Waals surface area contributed by atoms with Crippen LogP contribution in [0.4, 0.5) is 30.6 Å². The third kappa shape index (κ3) is 14.8. The normalized spacial score (nSPS) is 15.0. The van der Waals surface area contributed by atoms with Crippen molar-refractivity contribution in [2.24, 2.45) is 0 Å². The van der Waals surface area contributed by atoms with Crippen LogP contribution >= 0.6 is 11.6 Å². The third-order valence-electron chi connectivity index (χ3n) is 19.0. The minimum Gasteiger partial charge on any atom is -0.506 e. The van der Waals surface area contributed by atoms with Crippen LogP contribution in [0, 0.1) is 31.3 Å². The highest BCUT2D eigenvalue weighted by atomic mass is 35.5. The number of aromatic hydroxyl groups is 1. The quantitative estimate of drug-likeness (QED) is 0.0735. The Morgan fingerprint density at radius 3 is 1.25 bits per heavy atom. The van der Waals surface area contributed by atoms with Crippen molar-refractivity contribution in [3.63, 3.8) is 0 Å². The number of aromatic nitrogens is 18. The number of phenols is 1. The highest BCUT2D eigenvalue weighted by Crippen LogP contribution is 2.42. The number of anilines is 3. The molecule has 3 fully saturated rings. The topological polar surface area (TPSA) is 306 Å². The summed E-state index contributed by atoms with van der Waals surface area (Å²) in [6.45, 7) is 6.27. The van der Waals surface area contributed by atoms with Crippen LogP contribution in [-0.4, -0.2) is 110 Å². The van der Waals surface area contributed by atoms with Crippen LogP contribution in [0.15, 0.2) is 129 Å². The van der Waals surface area contributed by atoms with Gasteiger partial charge in [-0.05, 0) is 180 Å². The summed E-state index contributed by atoms with van der Waals surface area (Å²) in [4.78, 5) is 63.7. The second kappa shape index (κ2) is 28.8.